The number of amides is 1. The van der Waals surface area contributed by atoms with Gasteiger partial charge in [0.25, 0.3) is 0 Å². The number of hydrogen-bond acceptors (Lipinski definition) is 3. The third kappa shape index (κ3) is 3.46. The summed E-state index contributed by atoms with van der Waals surface area (Å²) in [6.45, 7) is 4.72. The lowest BCUT2D eigenvalue weighted by Crippen LogP contribution is -2.46. The standard InChI is InChI=1S/C10H17NO3/c1-8(12)3-4-9(13)11-10(2)5-6-14-7-10/h3-7H2,1-2H3,(H,11,13). The maximum atomic E-state index is 11.4. The molecule has 1 heterocycles. The van der Waals surface area contributed by atoms with Gasteiger partial charge in [-0.15, -0.1) is 0 Å². The number of Topliss-reactive ketones (excluding diaryl/α,β-unsaturated/α-hetero) is 1. The molecule has 1 aliphatic heterocycles. The normalized spacial score (nSPS) is 26.1. The van der Waals surface area contributed by atoms with Gasteiger partial charge in [0.2, 0.25) is 5.91 Å². The number of carbonyl (C=O) groups excluding carboxylic acids is 2. The van der Waals surface area contributed by atoms with Crippen LogP contribution in [-0.4, -0.2) is 30.4 Å². The quantitative estimate of drug-likeness (QED) is 0.723. The molecule has 80 valence electrons. The second-order valence-corrected chi connectivity index (χ2v) is 4.11. The number of nitrogens with one attached hydrogen (secondary N) is 1. The first-order valence-corrected chi connectivity index (χ1v) is 4.90. The highest BCUT2D eigenvalue weighted by Crippen LogP contribution is 2.17. The van der Waals surface area contributed by atoms with Crippen molar-refractivity contribution in [1.82, 2.24) is 5.32 Å². The lowest BCUT2D eigenvalue weighted by molar-refractivity contribution is -0.126. The van der Waals surface area contributed by atoms with Crippen molar-refractivity contribution in [3.63, 3.8) is 0 Å². The molecule has 0 bridgehead atoms. The van der Waals surface area contributed by atoms with E-state index in [2.05, 4.69) is 5.32 Å². The largest absolute Gasteiger partial charge is 0.379 e. The predicted octanol–water partition coefficient (Wildman–Crippen LogP) is 0.651. The summed E-state index contributed by atoms with van der Waals surface area (Å²) in [5.74, 6) is -0.0128. The minimum Gasteiger partial charge on any atom is -0.379 e. The summed E-state index contributed by atoms with van der Waals surface area (Å²) >= 11 is 0. The van der Waals surface area contributed by atoms with Gasteiger partial charge < -0.3 is 14.8 Å². The predicted molar refractivity (Wildman–Crippen MR) is 51.9 cm³/mol. The summed E-state index contributed by atoms with van der Waals surface area (Å²) in [6, 6.07) is 0. The van der Waals surface area contributed by atoms with Crippen molar-refractivity contribution in [3.8, 4) is 0 Å². The van der Waals surface area contributed by atoms with Gasteiger partial charge in [-0.05, 0) is 20.3 Å². The van der Waals surface area contributed by atoms with Crippen molar-refractivity contribution in [1.29, 1.82) is 0 Å². The fourth-order valence-electron chi connectivity index (χ4n) is 1.45. The van der Waals surface area contributed by atoms with E-state index >= 15 is 0 Å². The highest BCUT2D eigenvalue weighted by Gasteiger charge is 2.30. The van der Waals surface area contributed by atoms with Crippen LogP contribution in [-0.2, 0) is 14.3 Å². The Morgan fingerprint density at radius 2 is 2.14 bits per heavy atom. The van der Waals surface area contributed by atoms with E-state index in [0.717, 1.165) is 6.42 Å². The van der Waals surface area contributed by atoms with Gasteiger partial charge in [-0.25, -0.2) is 0 Å². The first kappa shape index (κ1) is 11.2. The number of hydrogen-bond donors (Lipinski definition) is 1. The molecule has 1 saturated heterocycles. The van der Waals surface area contributed by atoms with Crippen LogP contribution in [0.25, 0.3) is 0 Å². The zero-order valence-corrected chi connectivity index (χ0v) is 8.76. The SMILES string of the molecule is CC(=O)CCC(=O)NC1(C)CCOC1. The summed E-state index contributed by atoms with van der Waals surface area (Å²) in [4.78, 5) is 22.1. The molecule has 1 amide bonds. The molecule has 0 aromatic rings. The van der Waals surface area contributed by atoms with Gasteiger partial charge in [0, 0.05) is 19.4 Å². The van der Waals surface area contributed by atoms with E-state index in [-0.39, 0.29) is 23.7 Å². The Bertz CT molecular complexity index is 232. The molecule has 0 aromatic heterocycles. The fourth-order valence-corrected chi connectivity index (χ4v) is 1.45. The van der Waals surface area contributed by atoms with Crippen molar-refractivity contribution in [3.05, 3.63) is 0 Å². The average Bonchev–Trinajstić information content (AvgIpc) is 2.48. The first-order valence-electron chi connectivity index (χ1n) is 4.90. The molecule has 1 rings (SSSR count). The molecule has 4 nitrogen and oxygen atoms in total. The maximum absolute atomic E-state index is 11.4. The molecule has 0 saturated carbocycles. The van der Waals surface area contributed by atoms with Crippen LogP contribution in [0.3, 0.4) is 0 Å². The molecule has 4 heteroatoms. The van der Waals surface area contributed by atoms with E-state index in [1.54, 1.807) is 0 Å². The zero-order chi connectivity index (χ0) is 10.6. The van der Waals surface area contributed by atoms with Gasteiger partial charge >= 0.3 is 0 Å². The van der Waals surface area contributed by atoms with Gasteiger partial charge in [0.1, 0.15) is 5.78 Å². The lowest BCUT2D eigenvalue weighted by Gasteiger charge is -2.23. The number of ketones is 1. The van der Waals surface area contributed by atoms with E-state index in [9.17, 15) is 9.59 Å². The maximum Gasteiger partial charge on any atom is 0.220 e. The Balaban J connectivity index is 2.29. The third-order valence-electron chi connectivity index (χ3n) is 2.36. The number of ether oxygens (including phenoxy) is 1. The highest BCUT2D eigenvalue weighted by atomic mass is 16.5. The van der Waals surface area contributed by atoms with Crippen LogP contribution in [0, 0.1) is 0 Å². The molecule has 0 aromatic carbocycles. The van der Waals surface area contributed by atoms with Gasteiger partial charge in [0.15, 0.2) is 0 Å². The third-order valence-corrected chi connectivity index (χ3v) is 2.36. The molecule has 14 heavy (non-hydrogen) atoms. The van der Waals surface area contributed by atoms with Crippen LogP contribution in [0.2, 0.25) is 0 Å². The molecule has 1 unspecified atom stereocenters. The Kier molecular flexibility index (Phi) is 3.63. The molecular weight excluding hydrogens is 182 g/mol. The zero-order valence-electron chi connectivity index (χ0n) is 8.76. The van der Waals surface area contributed by atoms with E-state index in [1.165, 1.54) is 6.92 Å². The van der Waals surface area contributed by atoms with Crippen molar-refractivity contribution in [2.45, 2.75) is 38.6 Å². The van der Waals surface area contributed by atoms with Crippen molar-refractivity contribution in [2.24, 2.45) is 0 Å². The van der Waals surface area contributed by atoms with Gasteiger partial charge in [-0.1, -0.05) is 0 Å². The Morgan fingerprint density at radius 1 is 1.43 bits per heavy atom. The monoisotopic (exact) mass is 199 g/mol. The van der Waals surface area contributed by atoms with Crippen molar-refractivity contribution in [2.75, 3.05) is 13.2 Å². The van der Waals surface area contributed by atoms with Gasteiger partial charge in [0.05, 0.1) is 12.1 Å². The second kappa shape index (κ2) is 4.55. The van der Waals surface area contributed by atoms with Crippen LogP contribution < -0.4 is 5.32 Å². The first-order chi connectivity index (χ1) is 6.52. The van der Waals surface area contributed by atoms with Gasteiger partial charge in [-0.2, -0.15) is 0 Å². The smallest absolute Gasteiger partial charge is 0.220 e. The Morgan fingerprint density at radius 3 is 2.64 bits per heavy atom. The van der Waals surface area contributed by atoms with E-state index in [0.29, 0.717) is 19.6 Å². The summed E-state index contributed by atoms with van der Waals surface area (Å²) in [7, 11) is 0. The molecule has 1 atom stereocenters. The molecule has 0 aliphatic carbocycles. The Hall–Kier alpha value is -0.900. The summed E-state index contributed by atoms with van der Waals surface area (Å²) < 4.78 is 5.20. The number of carbonyl (C=O) groups is 2. The molecule has 0 spiro atoms. The Labute approximate surface area is 84.0 Å². The summed E-state index contributed by atoms with van der Waals surface area (Å²) in [6.07, 6.45) is 1.45. The topological polar surface area (TPSA) is 55.4 Å². The molecule has 0 radical (unpaired) electrons. The van der Waals surface area contributed by atoms with Crippen LogP contribution in [0.1, 0.15) is 33.1 Å². The molecule has 1 aliphatic rings. The second-order valence-electron chi connectivity index (χ2n) is 4.11. The van der Waals surface area contributed by atoms with Crippen LogP contribution in [0.4, 0.5) is 0 Å². The minimum absolute atomic E-state index is 0.0491. The molecule has 1 N–H and O–H groups in total. The van der Waals surface area contributed by atoms with E-state index < -0.39 is 0 Å². The highest BCUT2D eigenvalue weighted by molar-refractivity contribution is 5.83. The van der Waals surface area contributed by atoms with Crippen LogP contribution in [0.15, 0.2) is 0 Å². The summed E-state index contributed by atoms with van der Waals surface area (Å²) in [5.41, 5.74) is -0.228. The van der Waals surface area contributed by atoms with Crippen molar-refractivity contribution < 1.29 is 14.3 Å². The lowest BCUT2D eigenvalue weighted by atomic mass is 10.0. The van der Waals surface area contributed by atoms with Crippen molar-refractivity contribution >= 4 is 11.7 Å². The van der Waals surface area contributed by atoms with E-state index in [4.69, 9.17) is 4.74 Å². The minimum atomic E-state index is -0.228. The summed E-state index contributed by atoms with van der Waals surface area (Å²) in [5, 5.41) is 2.89. The van der Waals surface area contributed by atoms with Crippen LogP contribution >= 0.6 is 0 Å². The van der Waals surface area contributed by atoms with E-state index in [1.807, 2.05) is 6.92 Å². The average molecular weight is 199 g/mol. The van der Waals surface area contributed by atoms with Crippen LogP contribution in [0.5, 0.6) is 0 Å². The molecular formula is C10H17NO3. The molecule has 1 fully saturated rings. The number of rotatable bonds is 4. The van der Waals surface area contributed by atoms with Gasteiger partial charge in [-0.3, -0.25) is 4.79 Å². The fraction of sp³-hybridized carbons (Fsp3) is 0.800.